The van der Waals surface area contributed by atoms with Crippen LogP contribution in [-0.4, -0.2) is 46.2 Å². The molecule has 1 aromatic heterocycles. The summed E-state index contributed by atoms with van der Waals surface area (Å²) in [6, 6.07) is 1.56. The molecule has 0 aliphatic carbocycles. The van der Waals surface area contributed by atoms with Gasteiger partial charge in [0.05, 0.1) is 7.11 Å². The second-order valence-corrected chi connectivity index (χ2v) is 4.34. The van der Waals surface area contributed by atoms with Gasteiger partial charge in [-0.2, -0.15) is 0 Å². The van der Waals surface area contributed by atoms with E-state index < -0.39 is 17.5 Å². The van der Waals surface area contributed by atoms with Crippen LogP contribution < -0.4 is 4.90 Å². The molecule has 0 fully saturated rings. The molecule has 104 valence electrons. The van der Waals surface area contributed by atoms with Crippen LogP contribution in [0.15, 0.2) is 12.3 Å². The van der Waals surface area contributed by atoms with Crippen molar-refractivity contribution in [1.29, 1.82) is 0 Å². The lowest BCUT2D eigenvalue weighted by Gasteiger charge is -2.35. The number of carbonyl (C=O) groups is 2. The molecule has 1 N–H and O–H groups in total. The maximum Gasteiger partial charge on any atom is 0.376 e. The Morgan fingerprint density at radius 3 is 2.58 bits per heavy atom. The van der Waals surface area contributed by atoms with Crippen molar-refractivity contribution >= 4 is 17.8 Å². The Morgan fingerprint density at radius 2 is 2.11 bits per heavy atom. The van der Waals surface area contributed by atoms with Gasteiger partial charge in [-0.3, -0.25) is 0 Å². The lowest BCUT2D eigenvalue weighted by atomic mass is 10.0. The molecule has 0 atom stereocenters. The van der Waals surface area contributed by atoms with E-state index >= 15 is 0 Å². The molecule has 1 aromatic rings. The average molecular weight is 267 g/mol. The fourth-order valence-electron chi connectivity index (χ4n) is 1.65. The number of aromatic nitrogens is 2. The van der Waals surface area contributed by atoms with E-state index in [4.69, 9.17) is 0 Å². The molecule has 0 aliphatic rings. The molecule has 7 nitrogen and oxygen atoms in total. The molecule has 0 spiro atoms. The second-order valence-electron chi connectivity index (χ2n) is 4.34. The van der Waals surface area contributed by atoms with Gasteiger partial charge in [0.1, 0.15) is 11.4 Å². The Labute approximate surface area is 111 Å². The van der Waals surface area contributed by atoms with E-state index in [1.807, 2.05) is 6.92 Å². The number of carboxylic acids is 1. The first-order chi connectivity index (χ1) is 8.84. The summed E-state index contributed by atoms with van der Waals surface area (Å²) in [5, 5.41) is 9.25. The summed E-state index contributed by atoms with van der Waals surface area (Å²) in [4.78, 5) is 32.1. The van der Waals surface area contributed by atoms with Gasteiger partial charge in [-0.25, -0.2) is 19.6 Å². The summed E-state index contributed by atoms with van der Waals surface area (Å²) < 4.78 is 4.54. The Bertz CT molecular complexity index is 488. The molecule has 0 amide bonds. The van der Waals surface area contributed by atoms with Crippen molar-refractivity contribution in [2.75, 3.05) is 18.6 Å². The van der Waals surface area contributed by atoms with Gasteiger partial charge in [-0.1, -0.05) is 0 Å². The SMILES string of the molecule is CCN(c1ccnc(C(=O)OC)n1)C(C)(C)C(=O)O. The summed E-state index contributed by atoms with van der Waals surface area (Å²) >= 11 is 0. The number of anilines is 1. The van der Waals surface area contributed by atoms with Crippen LogP contribution in [0.4, 0.5) is 5.82 Å². The van der Waals surface area contributed by atoms with Crippen LogP contribution in [0.25, 0.3) is 0 Å². The van der Waals surface area contributed by atoms with E-state index in [-0.39, 0.29) is 5.82 Å². The summed E-state index contributed by atoms with van der Waals surface area (Å²) in [7, 11) is 1.23. The van der Waals surface area contributed by atoms with Gasteiger partial charge in [-0.15, -0.1) is 0 Å². The van der Waals surface area contributed by atoms with Crippen molar-refractivity contribution in [3.63, 3.8) is 0 Å². The molecular weight excluding hydrogens is 250 g/mol. The Hall–Kier alpha value is -2.18. The molecule has 0 unspecified atom stereocenters. The smallest absolute Gasteiger partial charge is 0.376 e. The number of nitrogens with zero attached hydrogens (tertiary/aromatic N) is 3. The third-order valence-corrected chi connectivity index (χ3v) is 2.80. The Morgan fingerprint density at radius 1 is 1.47 bits per heavy atom. The van der Waals surface area contributed by atoms with E-state index in [9.17, 15) is 14.7 Å². The van der Waals surface area contributed by atoms with Crippen LogP contribution in [-0.2, 0) is 9.53 Å². The van der Waals surface area contributed by atoms with Crippen molar-refractivity contribution in [3.05, 3.63) is 18.1 Å². The topological polar surface area (TPSA) is 92.6 Å². The van der Waals surface area contributed by atoms with E-state index in [1.165, 1.54) is 13.3 Å². The van der Waals surface area contributed by atoms with E-state index in [0.717, 1.165) is 0 Å². The quantitative estimate of drug-likeness (QED) is 0.794. The van der Waals surface area contributed by atoms with Gasteiger partial charge in [0.25, 0.3) is 0 Å². The van der Waals surface area contributed by atoms with E-state index in [0.29, 0.717) is 12.4 Å². The molecular formula is C12H17N3O4. The zero-order chi connectivity index (χ0) is 14.6. The largest absolute Gasteiger partial charge is 0.480 e. The summed E-state index contributed by atoms with van der Waals surface area (Å²) in [6.07, 6.45) is 1.40. The fraction of sp³-hybridized carbons (Fsp3) is 0.500. The van der Waals surface area contributed by atoms with Gasteiger partial charge in [0.2, 0.25) is 5.82 Å². The zero-order valence-electron chi connectivity index (χ0n) is 11.4. The predicted octanol–water partition coefficient (Wildman–Crippen LogP) is 0.953. The van der Waals surface area contributed by atoms with Gasteiger partial charge in [-0.05, 0) is 26.8 Å². The molecule has 7 heteroatoms. The summed E-state index contributed by atoms with van der Waals surface area (Å²) in [5.74, 6) is -1.37. The second kappa shape index (κ2) is 5.64. The standard InChI is InChI=1S/C12H17N3O4/c1-5-15(12(2,3)11(17)18)8-6-7-13-9(14-8)10(16)19-4/h6-7H,5H2,1-4H3,(H,17,18). The highest BCUT2D eigenvalue weighted by Crippen LogP contribution is 2.22. The monoisotopic (exact) mass is 267 g/mol. The number of carbonyl (C=O) groups excluding carboxylic acids is 1. The molecule has 0 saturated carbocycles. The van der Waals surface area contributed by atoms with Crippen LogP contribution in [0, 0.1) is 0 Å². The minimum atomic E-state index is -1.14. The minimum Gasteiger partial charge on any atom is -0.480 e. The number of hydrogen-bond donors (Lipinski definition) is 1. The maximum atomic E-state index is 11.4. The lowest BCUT2D eigenvalue weighted by Crippen LogP contribution is -2.50. The number of methoxy groups -OCH3 is 1. The molecule has 0 saturated heterocycles. The van der Waals surface area contributed by atoms with Crippen LogP contribution in [0.3, 0.4) is 0 Å². The van der Waals surface area contributed by atoms with E-state index in [1.54, 1.807) is 24.8 Å². The maximum absolute atomic E-state index is 11.4. The first-order valence-electron chi connectivity index (χ1n) is 5.77. The zero-order valence-corrected chi connectivity index (χ0v) is 11.4. The lowest BCUT2D eigenvalue weighted by molar-refractivity contribution is -0.142. The molecule has 1 heterocycles. The summed E-state index contributed by atoms with van der Waals surface area (Å²) in [5.41, 5.74) is -1.14. The predicted molar refractivity (Wildman–Crippen MR) is 68.1 cm³/mol. The summed E-state index contributed by atoms with van der Waals surface area (Å²) in [6.45, 7) is 5.37. The van der Waals surface area contributed by atoms with Crippen molar-refractivity contribution in [2.24, 2.45) is 0 Å². The number of likely N-dealkylation sites (N-methyl/N-ethyl adjacent to an activating group) is 1. The first-order valence-corrected chi connectivity index (χ1v) is 5.77. The van der Waals surface area contributed by atoms with Gasteiger partial charge < -0.3 is 14.7 Å². The van der Waals surface area contributed by atoms with Crippen molar-refractivity contribution in [3.8, 4) is 0 Å². The molecule has 0 bridgehead atoms. The number of hydrogen-bond acceptors (Lipinski definition) is 6. The number of carboxylic acid groups (broad SMARTS) is 1. The third-order valence-electron chi connectivity index (χ3n) is 2.80. The minimum absolute atomic E-state index is 0.0976. The normalized spacial score (nSPS) is 10.9. The van der Waals surface area contributed by atoms with E-state index in [2.05, 4.69) is 14.7 Å². The molecule has 0 aliphatic heterocycles. The Balaban J connectivity index is 3.20. The third kappa shape index (κ3) is 2.98. The highest BCUT2D eigenvalue weighted by molar-refractivity contribution is 5.86. The number of esters is 1. The molecule has 1 rings (SSSR count). The van der Waals surface area contributed by atoms with Gasteiger partial charge >= 0.3 is 11.9 Å². The highest BCUT2D eigenvalue weighted by Gasteiger charge is 2.34. The average Bonchev–Trinajstić information content (AvgIpc) is 2.38. The molecule has 0 aromatic carbocycles. The Kier molecular flexibility index (Phi) is 4.42. The number of aliphatic carboxylic acids is 1. The molecule has 0 radical (unpaired) electrons. The van der Waals surface area contributed by atoms with Crippen LogP contribution >= 0.6 is 0 Å². The fourth-order valence-corrected chi connectivity index (χ4v) is 1.65. The highest BCUT2D eigenvalue weighted by atomic mass is 16.5. The van der Waals surface area contributed by atoms with Crippen molar-refractivity contribution < 1.29 is 19.4 Å². The van der Waals surface area contributed by atoms with Crippen LogP contribution in [0.2, 0.25) is 0 Å². The molecule has 19 heavy (non-hydrogen) atoms. The number of rotatable bonds is 5. The van der Waals surface area contributed by atoms with Gasteiger partial charge in [0, 0.05) is 12.7 Å². The van der Waals surface area contributed by atoms with Crippen molar-refractivity contribution in [1.82, 2.24) is 9.97 Å². The van der Waals surface area contributed by atoms with Gasteiger partial charge in [0.15, 0.2) is 0 Å². The van der Waals surface area contributed by atoms with Crippen LogP contribution in [0.1, 0.15) is 31.4 Å². The first kappa shape index (κ1) is 14.9. The van der Waals surface area contributed by atoms with Crippen LogP contribution in [0.5, 0.6) is 0 Å². The van der Waals surface area contributed by atoms with Crippen molar-refractivity contribution in [2.45, 2.75) is 26.3 Å². The number of ether oxygens (including phenoxy) is 1.